The highest BCUT2D eigenvalue weighted by Crippen LogP contribution is 2.39. The maximum absolute atomic E-state index is 8.98. The van der Waals surface area contributed by atoms with Crippen molar-refractivity contribution < 1.29 is 18.9 Å². The number of nitriles is 1. The lowest BCUT2D eigenvalue weighted by molar-refractivity contribution is 0.0321. The molecule has 0 unspecified atom stereocenters. The lowest BCUT2D eigenvalue weighted by atomic mass is 10.2. The SMILES string of the molecule is COc1cc(OCCN2CCOCC2)c(OC)cc1Nc1nc(N)n(-c2ccc(C#N)cc2)n1. The predicted molar refractivity (Wildman–Crippen MR) is 126 cm³/mol. The number of hydrogen-bond acceptors (Lipinski definition) is 10. The van der Waals surface area contributed by atoms with Gasteiger partial charge in [0.1, 0.15) is 12.4 Å². The smallest absolute Gasteiger partial charge is 0.248 e. The van der Waals surface area contributed by atoms with Crippen LogP contribution < -0.4 is 25.3 Å². The fraction of sp³-hybridized carbons (Fsp3) is 0.348. The maximum atomic E-state index is 8.98. The standard InChI is InChI=1S/C23H27N7O4/c1-31-19-14-21(34-12-9-29-7-10-33-11-8-29)20(32-2)13-18(19)26-23-27-22(25)30(28-23)17-5-3-16(15-24)4-6-17/h3-6,13-14H,7-12H2,1-2H3,(H3,25,26,27,28). The average Bonchev–Trinajstić information content (AvgIpc) is 3.24. The molecular weight excluding hydrogens is 438 g/mol. The summed E-state index contributed by atoms with van der Waals surface area (Å²) in [6, 6.07) is 12.5. The number of nitrogens with one attached hydrogen (secondary N) is 1. The van der Waals surface area contributed by atoms with Crippen molar-refractivity contribution in [1.82, 2.24) is 19.7 Å². The minimum atomic E-state index is 0.196. The molecule has 0 amide bonds. The Morgan fingerprint density at radius 1 is 1.09 bits per heavy atom. The van der Waals surface area contributed by atoms with Crippen molar-refractivity contribution in [2.75, 3.05) is 64.7 Å². The Morgan fingerprint density at radius 3 is 2.50 bits per heavy atom. The van der Waals surface area contributed by atoms with Crippen molar-refractivity contribution in [1.29, 1.82) is 5.26 Å². The molecule has 11 nitrogen and oxygen atoms in total. The Balaban J connectivity index is 1.49. The number of nitrogens with two attached hydrogens (primary N) is 1. The van der Waals surface area contributed by atoms with E-state index in [1.165, 1.54) is 4.68 Å². The highest BCUT2D eigenvalue weighted by Gasteiger charge is 2.17. The largest absolute Gasteiger partial charge is 0.494 e. The molecule has 3 N–H and O–H groups in total. The van der Waals surface area contributed by atoms with Gasteiger partial charge in [0.05, 0.1) is 50.4 Å². The number of nitrogens with zero attached hydrogens (tertiary/aromatic N) is 5. The number of anilines is 3. The molecule has 2 aromatic carbocycles. The summed E-state index contributed by atoms with van der Waals surface area (Å²) in [5.41, 5.74) is 7.89. The van der Waals surface area contributed by atoms with Crippen LogP contribution in [-0.2, 0) is 4.74 Å². The lowest BCUT2D eigenvalue weighted by Gasteiger charge is -2.26. The monoisotopic (exact) mass is 465 g/mol. The first kappa shape index (κ1) is 23.2. The van der Waals surface area contributed by atoms with Crippen molar-refractivity contribution >= 4 is 17.6 Å². The van der Waals surface area contributed by atoms with Crippen molar-refractivity contribution in [3.63, 3.8) is 0 Å². The Labute approximate surface area is 197 Å². The van der Waals surface area contributed by atoms with Gasteiger partial charge in [0, 0.05) is 31.8 Å². The van der Waals surface area contributed by atoms with E-state index in [1.807, 2.05) is 0 Å². The van der Waals surface area contributed by atoms with E-state index in [0.29, 0.717) is 40.8 Å². The molecule has 11 heteroatoms. The summed E-state index contributed by atoms with van der Waals surface area (Å²) >= 11 is 0. The van der Waals surface area contributed by atoms with E-state index in [2.05, 4.69) is 26.4 Å². The van der Waals surface area contributed by atoms with E-state index in [9.17, 15) is 0 Å². The molecular formula is C23H27N7O4. The third kappa shape index (κ3) is 5.31. The molecule has 1 saturated heterocycles. The first-order chi connectivity index (χ1) is 16.6. The quantitative estimate of drug-likeness (QED) is 0.484. The molecule has 0 radical (unpaired) electrons. The number of hydrogen-bond donors (Lipinski definition) is 2. The number of benzene rings is 2. The summed E-state index contributed by atoms with van der Waals surface area (Å²) in [5, 5.41) is 16.5. The van der Waals surface area contributed by atoms with Crippen molar-refractivity contribution in [3.8, 4) is 29.0 Å². The second-order valence-corrected chi connectivity index (χ2v) is 7.49. The van der Waals surface area contributed by atoms with Crippen molar-refractivity contribution in [3.05, 3.63) is 42.0 Å². The summed E-state index contributed by atoms with van der Waals surface area (Å²) < 4.78 is 23.9. The lowest BCUT2D eigenvalue weighted by Crippen LogP contribution is -2.38. The van der Waals surface area contributed by atoms with Gasteiger partial charge in [-0.25, -0.2) is 0 Å². The van der Waals surface area contributed by atoms with Crippen molar-refractivity contribution in [2.45, 2.75) is 0 Å². The molecule has 34 heavy (non-hydrogen) atoms. The molecule has 4 rings (SSSR count). The fourth-order valence-corrected chi connectivity index (χ4v) is 3.55. The van der Waals surface area contributed by atoms with Gasteiger partial charge in [-0.3, -0.25) is 4.90 Å². The van der Waals surface area contributed by atoms with Gasteiger partial charge < -0.3 is 30.0 Å². The zero-order valence-electron chi connectivity index (χ0n) is 19.2. The van der Waals surface area contributed by atoms with Crippen LogP contribution in [0.1, 0.15) is 5.56 Å². The molecule has 178 valence electrons. The van der Waals surface area contributed by atoms with E-state index < -0.39 is 0 Å². The molecule has 0 aliphatic carbocycles. The third-order valence-electron chi connectivity index (χ3n) is 5.37. The molecule has 0 spiro atoms. The summed E-state index contributed by atoms with van der Waals surface area (Å²) in [6.07, 6.45) is 0. The minimum absolute atomic E-state index is 0.196. The van der Waals surface area contributed by atoms with Crippen LogP contribution in [0.5, 0.6) is 17.2 Å². The number of nitrogen functional groups attached to an aromatic ring is 1. The second-order valence-electron chi connectivity index (χ2n) is 7.49. The fourth-order valence-electron chi connectivity index (χ4n) is 3.55. The molecule has 3 aromatic rings. The highest BCUT2D eigenvalue weighted by atomic mass is 16.5. The maximum Gasteiger partial charge on any atom is 0.248 e. The van der Waals surface area contributed by atoms with Crippen LogP contribution in [0.4, 0.5) is 17.6 Å². The van der Waals surface area contributed by atoms with Crippen LogP contribution in [0.2, 0.25) is 0 Å². The zero-order chi connectivity index (χ0) is 23.9. The molecule has 1 fully saturated rings. The summed E-state index contributed by atoms with van der Waals surface area (Å²) in [7, 11) is 3.15. The van der Waals surface area contributed by atoms with Gasteiger partial charge >= 0.3 is 0 Å². The third-order valence-corrected chi connectivity index (χ3v) is 5.37. The van der Waals surface area contributed by atoms with Gasteiger partial charge in [-0.1, -0.05) is 0 Å². The van der Waals surface area contributed by atoms with E-state index in [4.69, 9.17) is 29.9 Å². The van der Waals surface area contributed by atoms with Crippen molar-refractivity contribution in [2.24, 2.45) is 0 Å². The number of rotatable bonds is 9. The van der Waals surface area contributed by atoms with Gasteiger partial charge in [0.2, 0.25) is 11.9 Å². The predicted octanol–water partition coefficient (Wildman–Crippen LogP) is 2.19. The van der Waals surface area contributed by atoms with Gasteiger partial charge in [-0.05, 0) is 24.3 Å². The molecule has 1 aliphatic rings. The molecule has 1 aromatic heterocycles. The number of ether oxygens (including phenoxy) is 4. The first-order valence-electron chi connectivity index (χ1n) is 10.8. The number of morpholine rings is 1. The van der Waals surface area contributed by atoms with E-state index in [-0.39, 0.29) is 11.9 Å². The van der Waals surface area contributed by atoms with Gasteiger partial charge in [0.25, 0.3) is 0 Å². The van der Waals surface area contributed by atoms with Gasteiger partial charge in [0.15, 0.2) is 11.5 Å². The first-order valence-corrected chi connectivity index (χ1v) is 10.8. The van der Waals surface area contributed by atoms with E-state index in [1.54, 1.807) is 50.6 Å². The molecule has 0 saturated carbocycles. The number of aromatic nitrogens is 3. The van der Waals surface area contributed by atoms with Crippen LogP contribution in [0, 0.1) is 11.3 Å². The summed E-state index contributed by atoms with van der Waals surface area (Å²) in [6.45, 7) is 4.61. The Kier molecular flexibility index (Phi) is 7.31. The summed E-state index contributed by atoms with van der Waals surface area (Å²) in [5.74, 6) is 2.14. The molecule has 0 atom stereocenters. The normalized spacial score (nSPS) is 13.8. The topological polar surface area (TPSA) is 133 Å². The Bertz CT molecular complexity index is 1150. The van der Waals surface area contributed by atoms with E-state index >= 15 is 0 Å². The molecule has 2 heterocycles. The summed E-state index contributed by atoms with van der Waals surface area (Å²) in [4.78, 5) is 6.58. The van der Waals surface area contributed by atoms with Crippen LogP contribution in [-0.4, -0.2) is 73.3 Å². The minimum Gasteiger partial charge on any atom is -0.494 e. The average molecular weight is 466 g/mol. The van der Waals surface area contributed by atoms with Crippen LogP contribution in [0.25, 0.3) is 5.69 Å². The van der Waals surface area contributed by atoms with Crippen LogP contribution in [0.3, 0.4) is 0 Å². The molecule has 0 bridgehead atoms. The second kappa shape index (κ2) is 10.7. The number of methoxy groups -OCH3 is 2. The highest BCUT2D eigenvalue weighted by molar-refractivity contribution is 5.68. The van der Waals surface area contributed by atoms with Crippen LogP contribution >= 0.6 is 0 Å². The Morgan fingerprint density at radius 2 is 1.82 bits per heavy atom. The zero-order valence-corrected chi connectivity index (χ0v) is 19.2. The molecule has 1 aliphatic heterocycles. The van der Waals surface area contributed by atoms with Crippen LogP contribution in [0.15, 0.2) is 36.4 Å². The van der Waals surface area contributed by atoms with E-state index in [0.717, 1.165) is 32.8 Å². The van der Waals surface area contributed by atoms with Gasteiger partial charge in [-0.2, -0.15) is 14.9 Å². The Hall–Kier alpha value is -4.01. The van der Waals surface area contributed by atoms with Gasteiger partial charge in [-0.15, -0.1) is 5.10 Å².